The topological polar surface area (TPSA) is 20.2 Å². The van der Waals surface area contributed by atoms with Crippen LogP contribution >= 0.6 is 22.9 Å². The largest absolute Gasteiger partial charge is 0.380 e. The maximum Gasteiger partial charge on any atom is 0.117 e. The van der Waals surface area contributed by atoms with E-state index in [1.807, 2.05) is 24.3 Å². The second kappa shape index (κ2) is 3.45. The van der Waals surface area contributed by atoms with Crippen molar-refractivity contribution in [3.05, 3.63) is 33.5 Å². The van der Waals surface area contributed by atoms with E-state index in [0.717, 1.165) is 28.5 Å². The first-order valence-electron chi connectivity index (χ1n) is 4.37. The minimum Gasteiger partial charge on any atom is -0.380 e. The molecule has 70 valence electrons. The van der Waals surface area contributed by atoms with E-state index < -0.39 is 5.60 Å². The van der Waals surface area contributed by atoms with Crippen molar-refractivity contribution in [2.45, 2.75) is 24.9 Å². The molecule has 1 aliphatic rings. The van der Waals surface area contributed by atoms with E-state index in [4.69, 9.17) is 11.6 Å². The Labute approximate surface area is 86.7 Å². The summed E-state index contributed by atoms with van der Waals surface area (Å²) < 4.78 is 0.738. The van der Waals surface area contributed by atoms with Crippen LogP contribution in [0.15, 0.2) is 24.3 Å². The van der Waals surface area contributed by atoms with E-state index in [1.165, 1.54) is 11.3 Å². The summed E-state index contributed by atoms with van der Waals surface area (Å²) in [6, 6.07) is 3.74. The highest BCUT2D eigenvalue weighted by Gasteiger charge is 2.28. The lowest BCUT2D eigenvalue weighted by Gasteiger charge is -2.25. The highest BCUT2D eigenvalue weighted by atomic mass is 35.5. The van der Waals surface area contributed by atoms with Crippen LogP contribution < -0.4 is 0 Å². The van der Waals surface area contributed by atoms with Crippen LogP contribution in [-0.2, 0) is 5.60 Å². The number of rotatable bonds is 1. The molecule has 1 heterocycles. The minimum absolute atomic E-state index is 0.738. The molecule has 0 radical (unpaired) electrons. The first-order chi connectivity index (χ1) is 6.21. The lowest BCUT2D eigenvalue weighted by atomic mass is 9.90. The molecule has 1 nitrogen and oxygen atoms in total. The zero-order valence-corrected chi connectivity index (χ0v) is 8.74. The standard InChI is InChI=1S/C10H11ClOS/c11-9-5-4-8(13-9)10(12)6-2-1-3-7-10/h2,4-6,12H,1,3,7H2. The third kappa shape index (κ3) is 1.80. The third-order valence-corrected chi connectivity index (χ3v) is 3.72. The van der Waals surface area contributed by atoms with E-state index in [1.54, 1.807) is 0 Å². The van der Waals surface area contributed by atoms with Gasteiger partial charge in [0.2, 0.25) is 0 Å². The van der Waals surface area contributed by atoms with Crippen molar-refractivity contribution in [2.75, 3.05) is 0 Å². The van der Waals surface area contributed by atoms with Crippen molar-refractivity contribution in [3.8, 4) is 0 Å². The van der Waals surface area contributed by atoms with Gasteiger partial charge >= 0.3 is 0 Å². The smallest absolute Gasteiger partial charge is 0.117 e. The summed E-state index contributed by atoms with van der Waals surface area (Å²) in [6.07, 6.45) is 6.85. The van der Waals surface area contributed by atoms with E-state index in [-0.39, 0.29) is 0 Å². The van der Waals surface area contributed by atoms with Crippen LogP contribution in [0.25, 0.3) is 0 Å². The van der Waals surface area contributed by atoms with Gasteiger partial charge in [0.1, 0.15) is 5.60 Å². The molecule has 3 heteroatoms. The van der Waals surface area contributed by atoms with Crippen molar-refractivity contribution in [2.24, 2.45) is 0 Å². The number of halogens is 1. The number of hydrogen-bond acceptors (Lipinski definition) is 2. The molecule has 0 amide bonds. The maximum atomic E-state index is 10.2. The van der Waals surface area contributed by atoms with Crippen molar-refractivity contribution in [1.29, 1.82) is 0 Å². The Morgan fingerprint density at radius 1 is 1.46 bits per heavy atom. The SMILES string of the molecule is OC1(c2ccc(Cl)s2)C=CCCC1. The average molecular weight is 215 g/mol. The second-order valence-electron chi connectivity index (χ2n) is 3.32. The highest BCUT2D eigenvalue weighted by Crippen LogP contribution is 2.37. The molecule has 0 aromatic carbocycles. The molecule has 0 aliphatic heterocycles. The molecule has 1 unspecified atom stereocenters. The summed E-state index contributed by atoms with van der Waals surface area (Å²) >= 11 is 7.28. The van der Waals surface area contributed by atoms with Crippen LogP contribution in [0, 0.1) is 0 Å². The Kier molecular flexibility index (Phi) is 2.45. The van der Waals surface area contributed by atoms with Crippen LogP contribution in [0.5, 0.6) is 0 Å². The quantitative estimate of drug-likeness (QED) is 0.711. The van der Waals surface area contributed by atoms with Gasteiger partial charge in [0.15, 0.2) is 0 Å². The Morgan fingerprint density at radius 2 is 2.31 bits per heavy atom. The fourth-order valence-corrected chi connectivity index (χ4v) is 2.74. The first kappa shape index (κ1) is 9.25. The molecule has 2 rings (SSSR count). The number of allylic oxidation sites excluding steroid dienone is 1. The number of thiophene rings is 1. The van der Waals surface area contributed by atoms with Crippen LogP contribution in [0.2, 0.25) is 4.34 Å². The Morgan fingerprint density at radius 3 is 2.85 bits per heavy atom. The zero-order valence-electron chi connectivity index (χ0n) is 7.16. The third-order valence-electron chi connectivity index (χ3n) is 2.32. The normalized spacial score (nSPS) is 27.8. The molecule has 13 heavy (non-hydrogen) atoms. The average Bonchev–Trinajstić information content (AvgIpc) is 2.54. The van der Waals surface area contributed by atoms with E-state index >= 15 is 0 Å². The summed E-state index contributed by atoms with van der Waals surface area (Å²) in [4.78, 5) is 0.952. The molecule has 0 bridgehead atoms. The monoisotopic (exact) mass is 214 g/mol. The zero-order chi connectivity index (χ0) is 9.31. The maximum absolute atomic E-state index is 10.2. The van der Waals surface area contributed by atoms with Crippen molar-refractivity contribution in [3.63, 3.8) is 0 Å². The first-order valence-corrected chi connectivity index (χ1v) is 5.56. The molecule has 1 atom stereocenters. The Balaban J connectivity index is 2.33. The predicted molar refractivity (Wildman–Crippen MR) is 56.2 cm³/mol. The van der Waals surface area contributed by atoms with Crippen LogP contribution in [0.4, 0.5) is 0 Å². The molecule has 0 saturated carbocycles. The summed E-state index contributed by atoms with van der Waals surface area (Å²) in [5.41, 5.74) is -0.754. The van der Waals surface area contributed by atoms with Crippen LogP contribution in [-0.4, -0.2) is 5.11 Å². The van der Waals surface area contributed by atoms with Crippen molar-refractivity contribution >= 4 is 22.9 Å². The molecule has 0 saturated heterocycles. The molecule has 1 aromatic heterocycles. The molecular weight excluding hydrogens is 204 g/mol. The molecule has 0 fully saturated rings. The molecule has 1 aliphatic carbocycles. The van der Waals surface area contributed by atoms with Gasteiger partial charge in [0, 0.05) is 4.88 Å². The van der Waals surface area contributed by atoms with Gasteiger partial charge in [-0.3, -0.25) is 0 Å². The molecule has 1 aromatic rings. The van der Waals surface area contributed by atoms with Gasteiger partial charge in [-0.05, 0) is 31.4 Å². The van der Waals surface area contributed by atoms with Gasteiger partial charge in [-0.2, -0.15) is 0 Å². The van der Waals surface area contributed by atoms with Gasteiger partial charge in [-0.25, -0.2) is 0 Å². The van der Waals surface area contributed by atoms with Crippen molar-refractivity contribution < 1.29 is 5.11 Å². The van der Waals surface area contributed by atoms with E-state index in [0.29, 0.717) is 0 Å². The molecular formula is C10H11ClOS. The fraction of sp³-hybridized carbons (Fsp3) is 0.400. The van der Waals surface area contributed by atoms with E-state index in [2.05, 4.69) is 0 Å². The van der Waals surface area contributed by atoms with Gasteiger partial charge in [0.05, 0.1) is 4.34 Å². The minimum atomic E-state index is -0.754. The Hall–Kier alpha value is -0.310. The fourth-order valence-electron chi connectivity index (χ4n) is 1.60. The van der Waals surface area contributed by atoms with Crippen LogP contribution in [0.1, 0.15) is 24.1 Å². The summed E-state index contributed by atoms with van der Waals surface area (Å²) in [7, 11) is 0. The summed E-state index contributed by atoms with van der Waals surface area (Å²) in [5.74, 6) is 0. The lowest BCUT2D eigenvalue weighted by Crippen LogP contribution is -2.23. The van der Waals surface area contributed by atoms with Gasteiger partial charge in [-0.1, -0.05) is 23.8 Å². The predicted octanol–water partition coefficient (Wildman–Crippen LogP) is 3.33. The van der Waals surface area contributed by atoms with Crippen LogP contribution in [0.3, 0.4) is 0 Å². The number of aliphatic hydroxyl groups is 1. The molecule has 0 spiro atoms. The van der Waals surface area contributed by atoms with Crippen molar-refractivity contribution in [1.82, 2.24) is 0 Å². The second-order valence-corrected chi connectivity index (χ2v) is 5.04. The number of hydrogen-bond donors (Lipinski definition) is 1. The Bertz CT molecular complexity index is 331. The molecule has 1 N–H and O–H groups in total. The van der Waals surface area contributed by atoms with Gasteiger partial charge in [0.25, 0.3) is 0 Å². The van der Waals surface area contributed by atoms with Gasteiger partial charge in [-0.15, -0.1) is 11.3 Å². The van der Waals surface area contributed by atoms with E-state index in [9.17, 15) is 5.11 Å². The summed E-state index contributed by atoms with van der Waals surface area (Å²) in [5, 5.41) is 10.2. The summed E-state index contributed by atoms with van der Waals surface area (Å²) in [6.45, 7) is 0. The van der Waals surface area contributed by atoms with Gasteiger partial charge < -0.3 is 5.11 Å². The lowest BCUT2D eigenvalue weighted by molar-refractivity contribution is 0.0764. The highest BCUT2D eigenvalue weighted by molar-refractivity contribution is 7.16.